The van der Waals surface area contributed by atoms with Crippen molar-refractivity contribution in [3.63, 3.8) is 0 Å². The van der Waals surface area contributed by atoms with Crippen LogP contribution in [0.5, 0.6) is 0 Å². The van der Waals surface area contributed by atoms with Crippen molar-refractivity contribution >= 4 is 11.9 Å². The fourth-order valence-corrected chi connectivity index (χ4v) is 2.90. The molecule has 3 aromatic rings. The van der Waals surface area contributed by atoms with E-state index in [9.17, 15) is 9.59 Å². The number of hydrogen-bond acceptors (Lipinski definition) is 6. The van der Waals surface area contributed by atoms with Crippen molar-refractivity contribution < 1.29 is 18.7 Å². The van der Waals surface area contributed by atoms with Gasteiger partial charge in [-0.05, 0) is 30.5 Å². The molecule has 0 bridgehead atoms. The molecular formula is C23H25N3O4. The molecule has 0 aliphatic rings. The van der Waals surface area contributed by atoms with Crippen LogP contribution in [0.1, 0.15) is 38.3 Å². The Morgan fingerprint density at radius 2 is 1.60 bits per heavy atom. The lowest BCUT2D eigenvalue weighted by atomic mass is 10.0. The van der Waals surface area contributed by atoms with Crippen LogP contribution >= 0.6 is 0 Å². The first-order valence-corrected chi connectivity index (χ1v) is 9.86. The summed E-state index contributed by atoms with van der Waals surface area (Å²) in [5.41, 5.74) is 1.65. The van der Waals surface area contributed by atoms with Crippen molar-refractivity contribution in [3.05, 3.63) is 72.1 Å². The standard InChI is InChI=1S/C23H25N3O4/c1-15(2)20(24-19(27)14-17-10-6-4-7-11-17)23(28)29-16(3)21-25-26-22(30-21)18-12-8-5-9-13-18/h4-13,15-16,20H,14H2,1-3H3,(H,24,27)/t16-,20-/m0/s1. The molecule has 0 aliphatic heterocycles. The van der Waals surface area contributed by atoms with Gasteiger partial charge in [0.15, 0.2) is 6.10 Å². The van der Waals surface area contributed by atoms with Crippen molar-refractivity contribution in [1.82, 2.24) is 15.5 Å². The highest BCUT2D eigenvalue weighted by Crippen LogP contribution is 2.22. The van der Waals surface area contributed by atoms with Gasteiger partial charge < -0.3 is 14.5 Å². The zero-order chi connectivity index (χ0) is 21.5. The first kappa shape index (κ1) is 21.2. The number of amides is 1. The zero-order valence-electron chi connectivity index (χ0n) is 17.2. The van der Waals surface area contributed by atoms with Crippen molar-refractivity contribution in [2.24, 2.45) is 5.92 Å². The molecule has 0 saturated heterocycles. The lowest BCUT2D eigenvalue weighted by Gasteiger charge is -2.22. The Morgan fingerprint density at radius 3 is 2.23 bits per heavy atom. The maximum atomic E-state index is 12.7. The summed E-state index contributed by atoms with van der Waals surface area (Å²) in [5, 5.41) is 10.8. The van der Waals surface area contributed by atoms with E-state index in [1.54, 1.807) is 6.92 Å². The van der Waals surface area contributed by atoms with Gasteiger partial charge in [-0.15, -0.1) is 10.2 Å². The van der Waals surface area contributed by atoms with E-state index in [4.69, 9.17) is 9.15 Å². The van der Waals surface area contributed by atoms with Crippen molar-refractivity contribution in [2.45, 2.75) is 39.3 Å². The van der Waals surface area contributed by atoms with E-state index in [2.05, 4.69) is 15.5 Å². The summed E-state index contributed by atoms with van der Waals surface area (Å²) in [4.78, 5) is 25.1. The Kier molecular flexibility index (Phi) is 6.95. The lowest BCUT2D eigenvalue weighted by molar-refractivity contribution is -0.154. The molecule has 2 aromatic carbocycles. The quantitative estimate of drug-likeness (QED) is 0.572. The minimum absolute atomic E-state index is 0.146. The second-order valence-corrected chi connectivity index (χ2v) is 7.34. The molecule has 0 radical (unpaired) electrons. The number of ether oxygens (including phenoxy) is 1. The number of rotatable bonds is 8. The van der Waals surface area contributed by atoms with E-state index in [-0.39, 0.29) is 24.1 Å². The van der Waals surface area contributed by atoms with E-state index in [1.165, 1.54) is 0 Å². The Labute approximate surface area is 175 Å². The fraction of sp³-hybridized carbons (Fsp3) is 0.304. The van der Waals surface area contributed by atoms with Gasteiger partial charge in [-0.25, -0.2) is 4.79 Å². The van der Waals surface area contributed by atoms with Gasteiger partial charge in [0.25, 0.3) is 5.89 Å². The first-order chi connectivity index (χ1) is 14.4. The number of esters is 1. The molecule has 156 valence electrons. The number of nitrogens with zero attached hydrogens (tertiary/aromatic N) is 2. The van der Waals surface area contributed by atoms with Crippen molar-refractivity contribution in [2.75, 3.05) is 0 Å². The molecule has 3 rings (SSSR count). The van der Waals surface area contributed by atoms with E-state index >= 15 is 0 Å². The Balaban J connectivity index is 1.62. The molecule has 1 amide bonds. The SMILES string of the molecule is CC(C)[C@H](NC(=O)Cc1ccccc1)C(=O)O[C@@H](C)c1nnc(-c2ccccc2)o1. The highest BCUT2D eigenvalue weighted by molar-refractivity contribution is 5.85. The molecule has 7 nitrogen and oxygen atoms in total. The number of carbonyl (C=O) groups excluding carboxylic acids is 2. The van der Waals surface area contributed by atoms with Gasteiger partial charge in [0.1, 0.15) is 6.04 Å². The molecule has 7 heteroatoms. The van der Waals surface area contributed by atoms with Gasteiger partial charge in [-0.3, -0.25) is 4.79 Å². The first-order valence-electron chi connectivity index (χ1n) is 9.86. The highest BCUT2D eigenvalue weighted by Gasteiger charge is 2.29. The third-order valence-corrected chi connectivity index (χ3v) is 4.55. The van der Waals surface area contributed by atoms with Crippen LogP contribution in [-0.2, 0) is 20.7 Å². The average Bonchev–Trinajstić information content (AvgIpc) is 3.23. The van der Waals surface area contributed by atoms with Crippen LogP contribution in [0.4, 0.5) is 0 Å². The summed E-state index contributed by atoms with van der Waals surface area (Å²) >= 11 is 0. The third kappa shape index (κ3) is 5.53. The second kappa shape index (κ2) is 9.82. The number of hydrogen-bond donors (Lipinski definition) is 1. The Bertz CT molecular complexity index is 970. The summed E-state index contributed by atoms with van der Waals surface area (Å²) in [7, 11) is 0. The highest BCUT2D eigenvalue weighted by atomic mass is 16.6. The van der Waals surface area contributed by atoms with E-state index < -0.39 is 18.1 Å². The monoisotopic (exact) mass is 407 g/mol. The maximum absolute atomic E-state index is 12.7. The molecule has 1 N–H and O–H groups in total. The van der Waals surface area contributed by atoms with Crippen LogP contribution in [0.15, 0.2) is 65.1 Å². The molecule has 30 heavy (non-hydrogen) atoms. The zero-order valence-corrected chi connectivity index (χ0v) is 17.2. The Morgan fingerprint density at radius 1 is 0.967 bits per heavy atom. The smallest absolute Gasteiger partial charge is 0.329 e. The van der Waals surface area contributed by atoms with E-state index in [1.807, 2.05) is 74.5 Å². The summed E-state index contributed by atoms with van der Waals surface area (Å²) in [6.07, 6.45) is -0.550. The molecule has 0 unspecified atom stereocenters. The molecule has 0 saturated carbocycles. The number of nitrogens with one attached hydrogen (secondary N) is 1. The van der Waals surface area contributed by atoms with Crippen molar-refractivity contribution in [3.8, 4) is 11.5 Å². The molecular weight excluding hydrogens is 382 g/mol. The largest absolute Gasteiger partial charge is 0.451 e. The lowest BCUT2D eigenvalue weighted by Crippen LogP contribution is -2.46. The molecule has 0 fully saturated rings. The van der Waals surface area contributed by atoms with Gasteiger partial charge in [-0.1, -0.05) is 62.4 Å². The Hall–Kier alpha value is -3.48. The van der Waals surface area contributed by atoms with Gasteiger partial charge in [-0.2, -0.15) is 0 Å². The fourth-order valence-electron chi connectivity index (χ4n) is 2.90. The summed E-state index contributed by atoms with van der Waals surface area (Å²) < 4.78 is 11.2. The van der Waals surface area contributed by atoms with Gasteiger partial charge >= 0.3 is 5.97 Å². The van der Waals surface area contributed by atoms with Gasteiger partial charge in [0, 0.05) is 5.56 Å². The van der Waals surface area contributed by atoms with Crippen LogP contribution < -0.4 is 5.32 Å². The van der Waals surface area contributed by atoms with Crippen LogP contribution in [0.25, 0.3) is 11.5 Å². The second-order valence-electron chi connectivity index (χ2n) is 7.34. The topological polar surface area (TPSA) is 94.3 Å². The minimum Gasteiger partial charge on any atom is -0.451 e. The number of aromatic nitrogens is 2. The number of carbonyl (C=O) groups is 2. The normalized spacial score (nSPS) is 12.9. The van der Waals surface area contributed by atoms with Crippen molar-refractivity contribution in [1.29, 1.82) is 0 Å². The van der Waals surface area contributed by atoms with Gasteiger partial charge in [0.2, 0.25) is 11.8 Å². The molecule has 1 aromatic heterocycles. The van der Waals surface area contributed by atoms with Crippen LogP contribution in [0.3, 0.4) is 0 Å². The van der Waals surface area contributed by atoms with E-state index in [0.29, 0.717) is 5.89 Å². The molecule has 2 atom stereocenters. The van der Waals surface area contributed by atoms with Crippen LogP contribution in [0.2, 0.25) is 0 Å². The molecule has 0 spiro atoms. The third-order valence-electron chi connectivity index (χ3n) is 4.55. The number of benzene rings is 2. The summed E-state index contributed by atoms with van der Waals surface area (Å²) in [5.74, 6) is -0.385. The predicted molar refractivity (Wildman–Crippen MR) is 111 cm³/mol. The van der Waals surface area contributed by atoms with Crippen LogP contribution in [-0.4, -0.2) is 28.1 Å². The maximum Gasteiger partial charge on any atom is 0.329 e. The molecule has 0 aliphatic carbocycles. The summed E-state index contributed by atoms with van der Waals surface area (Å²) in [6, 6.07) is 17.9. The minimum atomic E-state index is -0.778. The molecule has 1 heterocycles. The van der Waals surface area contributed by atoms with Gasteiger partial charge in [0.05, 0.1) is 6.42 Å². The van der Waals surface area contributed by atoms with Crippen LogP contribution in [0, 0.1) is 5.92 Å². The predicted octanol–water partition coefficient (Wildman–Crippen LogP) is 3.72. The van der Waals surface area contributed by atoms with E-state index in [0.717, 1.165) is 11.1 Å². The average molecular weight is 407 g/mol. The summed E-state index contributed by atoms with van der Waals surface area (Å²) in [6.45, 7) is 5.35.